The number of hydrogen-bond acceptors (Lipinski definition) is 1. The van der Waals surface area contributed by atoms with Crippen LogP contribution in [-0.2, 0) is 0 Å². The first-order chi connectivity index (χ1) is 10.2. The summed E-state index contributed by atoms with van der Waals surface area (Å²) in [7, 11) is 1.65. The van der Waals surface area contributed by atoms with Crippen molar-refractivity contribution in [2.45, 2.75) is 0 Å². The molecule has 0 aliphatic carbocycles. The van der Waals surface area contributed by atoms with Crippen molar-refractivity contribution in [1.29, 1.82) is 0 Å². The molecule has 0 radical (unpaired) electrons. The number of benzene rings is 2. The Morgan fingerprint density at radius 3 is 2.67 bits per heavy atom. The fraction of sp³-hybridized carbons (Fsp3) is 0.0625. The van der Waals surface area contributed by atoms with Crippen molar-refractivity contribution >= 4 is 52.3 Å². The number of amides is 1. The van der Waals surface area contributed by atoms with Crippen LogP contribution in [0.3, 0.4) is 0 Å². The Hall–Kier alpha value is -1.74. The Labute approximate surface area is 133 Å². The molecule has 0 spiro atoms. The Bertz CT molecular complexity index is 796. The maximum atomic E-state index is 12.0. The molecule has 3 rings (SSSR count). The van der Waals surface area contributed by atoms with Gasteiger partial charge in [0.1, 0.15) is 0 Å². The van der Waals surface area contributed by atoms with E-state index in [2.05, 4.69) is 10.3 Å². The van der Waals surface area contributed by atoms with Crippen LogP contribution in [0.4, 0.5) is 0 Å². The molecular weight excluding hydrogens is 351 g/mol. The molecule has 3 nitrogen and oxygen atoms in total. The van der Waals surface area contributed by atoms with Gasteiger partial charge >= 0.3 is 134 Å². The summed E-state index contributed by atoms with van der Waals surface area (Å²) in [5.41, 5.74) is 1.70. The van der Waals surface area contributed by atoms with E-state index in [1.807, 2.05) is 48.7 Å². The van der Waals surface area contributed by atoms with Gasteiger partial charge in [0.25, 0.3) is 0 Å². The molecule has 0 aliphatic rings. The van der Waals surface area contributed by atoms with Gasteiger partial charge in [0, 0.05) is 0 Å². The van der Waals surface area contributed by atoms with E-state index >= 15 is 0 Å². The summed E-state index contributed by atoms with van der Waals surface area (Å²) in [6.07, 6.45) is 1.99. The molecule has 5 heteroatoms. The van der Waals surface area contributed by atoms with Crippen molar-refractivity contribution in [3.8, 4) is 0 Å². The Balaban J connectivity index is 2.06. The van der Waals surface area contributed by atoms with Crippen LogP contribution >= 0.6 is 11.6 Å². The van der Waals surface area contributed by atoms with Crippen molar-refractivity contribution in [1.82, 2.24) is 10.3 Å². The number of halogens is 1. The predicted molar refractivity (Wildman–Crippen MR) is 88.2 cm³/mol. The number of H-pyrrole nitrogens is 1. The number of nitrogens with one attached hydrogen (secondary N) is 2. The van der Waals surface area contributed by atoms with E-state index in [0.717, 1.165) is 15.9 Å². The molecule has 106 valence electrons. The van der Waals surface area contributed by atoms with Gasteiger partial charge in [-0.05, 0) is 0 Å². The third-order valence-electron chi connectivity index (χ3n) is 3.18. The van der Waals surface area contributed by atoms with E-state index in [1.165, 1.54) is 8.92 Å². The standard InChI is InChI=1S/C16H13ClN2OSe/c1-18-16(20)12-3-2-4-13-15(12)14(9-19-13)21-11-7-5-10(17)6-8-11/h2-9,19H,1H3,(H,18,20). The molecule has 3 aromatic rings. The first-order valence-electron chi connectivity index (χ1n) is 6.44. The van der Waals surface area contributed by atoms with Crippen LogP contribution in [0.1, 0.15) is 10.4 Å². The van der Waals surface area contributed by atoms with Gasteiger partial charge in [-0.3, -0.25) is 0 Å². The summed E-state index contributed by atoms with van der Waals surface area (Å²) in [5, 5.41) is 4.44. The van der Waals surface area contributed by atoms with E-state index in [4.69, 9.17) is 11.6 Å². The van der Waals surface area contributed by atoms with Crippen LogP contribution < -0.4 is 14.2 Å². The fourth-order valence-electron chi connectivity index (χ4n) is 2.19. The van der Waals surface area contributed by atoms with Gasteiger partial charge in [0.2, 0.25) is 0 Å². The maximum absolute atomic E-state index is 12.0. The third kappa shape index (κ3) is 2.84. The molecule has 0 unspecified atom stereocenters. The molecule has 1 heterocycles. The first kappa shape index (κ1) is 14.2. The number of rotatable bonds is 3. The summed E-state index contributed by atoms with van der Waals surface area (Å²) in [4.78, 5) is 15.3. The number of aromatic amines is 1. The molecular formula is C16H13ClN2OSe. The van der Waals surface area contributed by atoms with Gasteiger partial charge in [-0.1, -0.05) is 0 Å². The molecule has 0 saturated carbocycles. The van der Waals surface area contributed by atoms with Crippen LogP contribution in [-0.4, -0.2) is 32.9 Å². The second kappa shape index (κ2) is 5.94. The molecule has 0 atom stereocenters. The van der Waals surface area contributed by atoms with Gasteiger partial charge in [-0.25, -0.2) is 0 Å². The molecule has 2 aromatic carbocycles. The third-order valence-corrected chi connectivity index (χ3v) is 5.64. The second-order valence-corrected chi connectivity index (χ2v) is 7.29. The van der Waals surface area contributed by atoms with Gasteiger partial charge in [-0.2, -0.15) is 0 Å². The van der Waals surface area contributed by atoms with Crippen LogP contribution in [0, 0.1) is 0 Å². The summed E-state index contributed by atoms with van der Waals surface area (Å²) >= 11 is 6.04. The van der Waals surface area contributed by atoms with Gasteiger partial charge in [0.05, 0.1) is 0 Å². The summed E-state index contributed by atoms with van der Waals surface area (Å²) in [5.74, 6) is -0.0617. The Kier molecular flexibility index (Phi) is 4.02. The summed E-state index contributed by atoms with van der Waals surface area (Å²) in [6, 6.07) is 13.6. The first-order valence-corrected chi connectivity index (χ1v) is 8.54. The Morgan fingerprint density at radius 2 is 1.95 bits per heavy atom. The number of carbonyl (C=O) groups excluding carboxylic acids is 1. The Morgan fingerprint density at radius 1 is 1.19 bits per heavy atom. The number of hydrogen-bond donors (Lipinski definition) is 2. The minimum absolute atomic E-state index is 0.0617. The van der Waals surface area contributed by atoms with E-state index in [9.17, 15) is 4.79 Å². The van der Waals surface area contributed by atoms with Crippen molar-refractivity contribution < 1.29 is 4.79 Å². The van der Waals surface area contributed by atoms with Crippen molar-refractivity contribution in [3.63, 3.8) is 0 Å². The fourth-order valence-corrected chi connectivity index (χ4v) is 4.34. The van der Waals surface area contributed by atoms with Gasteiger partial charge in [-0.15, -0.1) is 0 Å². The zero-order valence-electron chi connectivity index (χ0n) is 11.3. The molecule has 0 bridgehead atoms. The normalized spacial score (nSPS) is 10.8. The monoisotopic (exact) mass is 364 g/mol. The van der Waals surface area contributed by atoms with Crippen LogP contribution in [0.25, 0.3) is 10.9 Å². The molecule has 0 saturated heterocycles. The molecule has 1 aromatic heterocycles. The summed E-state index contributed by atoms with van der Waals surface area (Å²) in [6.45, 7) is 0. The summed E-state index contributed by atoms with van der Waals surface area (Å²) < 4.78 is 2.39. The number of aromatic nitrogens is 1. The number of fused-ring (bicyclic) bond motifs is 1. The molecule has 21 heavy (non-hydrogen) atoms. The average molecular weight is 364 g/mol. The topological polar surface area (TPSA) is 44.9 Å². The van der Waals surface area contributed by atoms with Crippen molar-refractivity contribution in [2.24, 2.45) is 0 Å². The quantitative estimate of drug-likeness (QED) is 0.685. The van der Waals surface area contributed by atoms with Crippen molar-refractivity contribution in [3.05, 3.63) is 59.2 Å². The SMILES string of the molecule is CNC(=O)c1cccc2[nH]cc([Se]c3ccc(Cl)cc3)c12. The van der Waals surface area contributed by atoms with Gasteiger partial charge in [0.15, 0.2) is 0 Å². The van der Waals surface area contributed by atoms with Crippen molar-refractivity contribution in [2.75, 3.05) is 7.05 Å². The number of carbonyl (C=O) groups is 1. The zero-order valence-corrected chi connectivity index (χ0v) is 13.8. The molecule has 2 N–H and O–H groups in total. The van der Waals surface area contributed by atoms with Crippen LogP contribution in [0.2, 0.25) is 5.02 Å². The van der Waals surface area contributed by atoms with Gasteiger partial charge < -0.3 is 0 Å². The minimum atomic E-state index is -0.0617. The van der Waals surface area contributed by atoms with Crippen LogP contribution in [0.5, 0.6) is 0 Å². The van der Waals surface area contributed by atoms with E-state index < -0.39 is 0 Å². The molecule has 1 amide bonds. The molecule has 0 aliphatic heterocycles. The van der Waals surface area contributed by atoms with Crippen LogP contribution in [0.15, 0.2) is 48.7 Å². The zero-order chi connectivity index (χ0) is 14.8. The second-order valence-electron chi connectivity index (χ2n) is 4.52. The van der Waals surface area contributed by atoms with E-state index in [0.29, 0.717) is 5.56 Å². The molecule has 0 fully saturated rings. The predicted octanol–water partition coefficient (Wildman–Crippen LogP) is 1.84. The average Bonchev–Trinajstić information content (AvgIpc) is 2.92. The van der Waals surface area contributed by atoms with E-state index in [-0.39, 0.29) is 20.9 Å². The van der Waals surface area contributed by atoms with E-state index in [1.54, 1.807) is 7.05 Å².